The first-order valence-electron chi connectivity index (χ1n) is 9.25. The Balaban J connectivity index is 2.71. The van der Waals surface area contributed by atoms with E-state index in [1.807, 2.05) is 0 Å². The normalized spacial score (nSPS) is 20.0. The van der Waals surface area contributed by atoms with E-state index in [-0.39, 0.29) is 5.70 Å². The van der Waals surface area contributed by atoms with Crippen molar-refractivity contribution in [3.63, 3.8) is 0 Å². The van der Waals surface area contributed by atoms with Crippen LogP contribution in [0.2, 0.25) is 51.9 Å². The van der Waals surface area contributed by atoms with Gasteiger partial charge < -0.3 is 33.6 Å². The first kappa shape index (κ1) is 24.3. The van der Waals surface area contributed by atoms with Crippen molar-refractivity contribution >= 4 is 31.2 Å². The number of carbonyl (C=O) groups is 1. The quantitative estimate of drug-likeness (QED) is 0.219. The van der Waals surface area contributed by atoms with Crippen LogP contribution in [0, 0.1) is 0 Å². The zero-order chi connectivity index (χ0) is 21.0. The summed E-state index contributed by atoms with van der Waals surface area (Å²) in [5.74, 6) is -1.46. The summed E-state index contributed by atoms with van der Waals surface area (Å²) in [5.41, 5.74) is 0.113. The second-order valence-electron chi connectivity index (χ2n) is 8.93. The lowest BCUT2D eigenvalue weighted by Gasteiger charge is -2.38. The Bertz CT molecular complexity index is 541. The average molecular weight is 438 g/mol. The van der Waals surface area contributed by atoms with Gasteiger partial charge in [-0.05, 0) is 58.3 Å². The van der Waals surface area contributed by atoms with Crippen molar-refractivity contribution in [1.29, 1.82) is 0 Å². The lowest BCUT2D eigenvalue weighted by molar-refractivity contribution is -0.147. The van der Waals surface area contributed by atoms with E-state index in [2.05, 4.69) is 51.1 Å². The van der Waals surface area contributed by atoms with Gasteiger partial charge in [-0.3, -0.25) is 0 Å². The lowest BCUT2D eigenvalue weighted by Crippen LogP contribution is -2.52. The summed E-state index contributed by atoms with van der Waals surface area (Å²) in [4.78, 5) is 11.5. The van der Waals surface area contributed by atoms with Gasteiger partial charge in [-0.15, -0.1) is 0 Å². The number of hydrogen-bond donors (Lipinski definition) is 4. The van der Waals surface area contributed by atoms with Gasteiger partial charge >= 0.3 is 14.5 Å². The Morgan fingerprint density at radius 3 is 2.07 bits per heavy atom. The fourth-order valence-corrected chi connectivity index (χ4v) is 15.6. The van der Waals surface area contributed by atoms with Gasteiger partial charge in [-0.1, -0.05) is 0 Å². The van der Waals surface area contributed by atoms with Gasteiger partial charge in [0.2, 0.25) is 5.76 Å². The van der Waals surface area contributed by atoms with Crippen molar-refractivity contribution in [3.8, 4) is 0 Å². The number of nitrogens with one attached hydrogen (secondary N) is 1. The van der Waals surface area contributed by atoms with Crippen molar-refractivity contribution in [2.24, 2.45) is 0 Å². The largest absolute Gasteiger partial charge is 0.501 e. The summed E-state index contributed by atoms with van der Waals surface area (Å²) in [5, 5.41) is 31.7. The van der Waals surface area contributed by atoms with E-state index >= 15 is 0 Å². The molecule has 0 fully saturated rings. The highest BCUT2D eigenvalue weighted by Gasteiger charge is 2.41. The van der Waals surface area contributed by atoms with Gasteiger partial charge in [0.1, 0.15) is 11.8 Å². The van der Waals surface area contributed by atoms with E-state index in [9.17, 15) is 15.0 Å². The third kappa shape index (κ3) is 8.05. The van der Waals surface area contributed by atoms with E-state index in [0.29, 0.717) is 13.0 Å². The van der Waals surface area contributed by atoms with Gasteiger partial charge in [-0.25, -0.2) is 4.79 Å². The van der Waals surface area contributed by atoms with Crippen molar-refractivity contribution in [1.82, 2.24) is 5.32 Å². The Morgan fingerprint density at radius 1 is 1.11 bits per heavy atom. The van der Waals surface area contributed by atoms with Crippen LogP contribution in [0.3, 0.4) is 0 Å². The van der Waals surface area contributed by atoms with Gasteiger partial charge in [0, 0.05) is 6.54 Å². The maximum atomic E-state index is 11.5. The van der Waals surface area contributed by atoms with Crippen molar-refractivity contribution in [2.75, 3.05) is 13.2 Å². The van der Waals surface area contributed by atoms with Crippen LogP contribution in [0.4, 0.5) is 0 Å². The van der Waals surface area contributed by atoms with E-state index in [1.54, 1.807) is 0 Å². The summed E-state index contributed by atoms with van der Waals surface area (Å²) in [6.45, 7) is 14.9. The van der Waals surface area contributed by atoms with Crippen LogP contribution in [0.15, 0.2) is 11.5 Å². The first-order chi connectivity index (χ1) is 12.2. The number of cyclic esters (lactones) is 1. The lowest BCUT2D eigenvalue weighted by atomic mass is 10.1. The monoisotopic (exact) mass is 437 g/mol. The molecule has 0 amide bonds. The molecular weight excluding hydrogens is 402 g/mol. The van der Waals surface area contributed by atoms with Crippen molar-refractivity contribution in [2.45, 2.75) is 70.5 Å². The Hall–Kier alpha value is -0.699. The van der Waals surface area contributed by atoms with E-state index in [4.69, 9.17) is 18.1 Å². The first-order valence-corrected chi connectivity index (χ1v) is 18.6. The number of hydrogen-bond acceptors (Lipinski definition) is 8. The second kappa shape index (κ2) is 9.20. The molecular formula is C16H35NO7Si3. The summed E-state index contributed by atoms with van der Waals surface area (Å²) >= 11 is 0. The number of esters is 1. The molecule has 1 heterocycles. The molecule has 0 unspecified atom stereocenters. The molecule has 0 bridgehead atoms. The topological polar surface area (TPSA) is 117 Å². The van der Waals surface area contributed by atoms with Crippen molar-refractivity contribution in [3.05, 3.63) is 11.5 Å². The summed E-state index contributed by atoms with van der Waals surface area (Å²) in [6, 6.07) is 0.768. The zero-order valence-electron chi connectivity index (χ0n) is 17.5. The minimum Gasteiger partial charge on any atom is -0.501 e. The highest BCUT2D eigenvalue weighted by molar-refractivity contribution is 6.87. The number of rotatable bonds is 11. The third-order valence-corrected chi connectivity index (χ3v) is 13.3. The van der Waals surface area contributed by atoms with Crippen LogP contribution >= 0.6 is 0 Å². The minimum absolute atomic E-state index is 0.113. The van der Waals surface area contributed by atoms with Gasteiger partial charge in [0.25, 0.3) is 0 Å². The average Bonchev–Trinajstić information content (AvgIpc) is 2.75. The highest BCUT2D eigenvalue weighted by atomic mass is 28.5. The molecule has 27 heavy (non-hydrogen) atoms. The van der Waals surface area contributed by atoms with Crippen molar-refractivity contribution < 1.29 is 33.1 Å². The van der Waals surface area contributed by atoms with E-state index in [1.165, 1.54) is 0 Å². The number of aliphatic hydroxyl groups is 3. The highest BCUT2D eigenvalue weighted by Crippen LogP contribution is 2.26. The van der Waals surface area contributed by atoms with Crippen LogP contribution in [-0.2, 0) is 17.8 Å². The molecule has 0 saturated heterocycles. The predicted molar refractivity (Wildman–Crippen MR) is 111 cm³/mol. The summed E-state index contributed by atoms with van der Waals surface area (Å²) < 4.78 is 17.8. The van der Waals surface area contributed by atoms with Crippen LogP contribution in [0.1, 0.15) is 6.42 Å². The maximum Gasteiger partial charge on any atom is 0.376 e. The molecule has 1 rings (SSSR count). The fourth-order valence-electron chi connectivity index (χ4n) is 3.08. The molecule has 158 valence electrons. The third-order valence-electron chi connectivity index (χ3n) is 3.67. The van der Waals surface area contributed by atoms with E-state index in [0.717, 1.165) is 6.04 Å². The molecule has 0 saturated carbocycles. The standard InChI is InChI=1S/C16H35NO7Si3/c1-25(2,3)23-27(7,24-26(4,5)6)10-8-9-17-13-14(20)16(21)22-15(13)12(19)11-18/h12,15,17-20H,8-11H2,1-7H3/t12-,15+/m0/s1. The van der Waals surface area contributed by atoms with E-state index < -0.39 is 55.7 Å². The van der Waals surface area contributed by atoms with Crippen LogP contribution in [0.25, 0.3) is 0 Å². The predicted octanol–water partition coefficient (Wildman–Crippen LogP) is 1.79. The number of ether oxygens (including phenoxy) is 1. The number of aliphatic hydroxyl groups excluding tert-OH is 3. The van der Waals surface area contributed by atoms with Gasteiger partial charge in [0.05, 0.1) is 6.61 Å². The summed E-state index contributed by atoms with van der Waals surface area (Å²) in [7, 11) is -5.89. The molecule has 0 aliphatic carbocycles. The Kier molecular flexibility index (Phi) is 8.29. The molecule has 4 N–H and O–H groups in total. The van der Waals surface area contributed by atoms with Gasteiger partial charge in [-0.2, -0.15) is 0 Å². The Labute approximate surface area is 165 Å². The molecule has 1 aliphatic rings. The van der Waals surface area contributed by atoms with Crippen LogP contribution < -0.4 is 5.32 Å². The van der Waals surface area contributed by atoms with Crippen LogP contribution in [0.5, 0.6) is 0 Å². The molecule has 0 spiro atoms. The molecule has 1 aliphatic heterocycles. The smallest absolute Gasteiger partial charge is 0.376 e. The number of carbonyl (C=O) groups excluding carboxylic acids is 1. The SMILES string of the molecule is C[Si](C)(C)O[Si](C)(CCCNC1=C(O)C(=O)O[C@@H]1[C@@H](O)CO)O[Si](C)(C)C. The minimum atomic E-state index is -2.36. The molecule has 0 aromatic carbocycles. The zero-order valence-corrected chi connectivity index (χ0v) is 20.5. The fraction of sp³-hybridized carbons (Fsp3) is 0.812. The molecule has 0 aromatic heterocycles. The van der Waals surface area contributed by atoms with Gasteiger partial charge in [0.15, 0.2) is 22.7 Å². The molecule has 8 nitrogen and oxygen atoms in total. The molecule has 2 atom stereocenters. The maximum absolute atomic E-state index is 11.5. The molecule has 0 aromatic rings. The van der Waals surface area contributed by atoms with Crippen LogP contribution in [-0.4, -0.2) is 71.8 Å². The molecule has 0 radical (unpaired) electrons. The molecule has 11 heteroatoms. The second-order valence-corrected chi connectivity index (χ2v) is 21.8. The summed E-state index contributed by atoms with van der Waals surface area (Å²) in [6.07, 6.45) is -1.65. The Morgan fingerprint density at radius 2 is 1.63 bits per heavy atom.